The highest BCUT2D eigenvalue weighted by Crippen LogP contribution is 2.35. The SMILES string of the molecule is Nc1nc(Cl)nc2c1ncn2[C@@H]1O[C@H](COC(Cc2cnc(C(=O)O)s2)(C(=O)O)C(=O)O)C[C@@H]1F. The standard InChI is InChI=1S/C18H16ClFN6O8S/c19-17-24-10(21)9-11(25-17)26(5-23-9)13-8(20)1-6(34-13)4-33-18(15(29)30,16(31)32)2-7-3-22-12(35-7)14(27)28/h3,5-6,8,13H,1-2,4H2,(H,27,28)(H,29,30)(H,31,32)(H2,21,24,25)/t6-,8-,13+/m0/s1. The average Bonchev–Trinajstić information content (AvgIpc) is 3.49. The van der Waals surface area contributed by atoms with E-state index >= 15 is 0 Å². The van der Waals surface area contributed by atoms with Gasteiger partial charge in [0.15, 0.2) is 17.7 Å². The third kappa shape index (κ3) is 4.60. The number of aromatic nitrogens is 5. The molecule has 3 atom stereocenters. The first-order chi connectivity index (χ1) is 16.5. The summed E-state index contributed by atoms with van der Waals surface area (Å²) < 4.78 is 27.1. The van der Waals surface area contributed by atoms with Crippen molar-refractivity contribution in [2.45, 2.75) is 36.9 Å². The molecular formula is C18H16ClFN6O8S. The van der Waals surface area contributed by atoms with E-state index in [1.165, 1.54) is 10.9 Å². The van der Waals surface area contributed by atoms with Crippen LogP contribution in [0.4, 0.5) is 10.2 Å². The molecule has 0 radical (unpaired) electrons. The van der Waals surface area contributed by atoms with Crippen LogP contribution in [-0.2, 0) is 25.5 Å². The third-order valence-corrected chi connectivity index (χ3v) is 6.35. The second-order valence-electron chi connectivity index (χ2n) is 7.46. The minimum absolute atomic E-state index is 0.0196. The molecule has 3 aromatic heterocycles. The first-order valence-corrected chi connectivity index (χ1v) is 10.9. The summed E-state index contributed by atoms with van der Waals surface area (Å²) >= 11 is 6.44. The normalized spacial score (nSPS) is 20.3. The summed E-state index contributed by atoms with van der Waals surface area (Å²) in [6.45, 7) is -0.593. The molecule has 17 heteroatoms. The second-order valence-corrected chi connectivity index (χ2v) is 8.92. The number of hydrogen-bond acceptors (Lipinski definition) is 11. The Morgan fingerprint density at radius 2 is 2.00 bits per heavy atom. The number of imidazole rings is 1. The van der Waals surface area contributed by atoms with Gasteiger partial charge in [-0.2, -0.15) is 9.97 Å². The Balaban J connectivity index is 1.52. The highest BCUT2D eigenvalue weighted by atomic mass is 35.5. The number of halogens is 2. The molecule has 1 fully saturated rings. The lowest BCUT2D eigenvalue weighted by Gasteiger charge is -2.26. The Hall–Kier alpha value is -3.47. The lowest BCUT2D eigenvalue weighted by Crippen LogP contribution is -2.52. The monoisotopic (exact) mass is 530 g/mol. The van der Waals surface area contributed by atoms with Gasteiger partial charge in [-0.05, 0) is 11.6 Å². The van der Waals surface area contributed by atoms with Gasteiger partial charge < -0.3 is 30.5 Å². The summed E-state index contributed by atoms with van der Waals surface area (Å²) in [5, 5.41) is 27.8. The van der Waals surface area contributed by atoms with E-state index in [0.717, 1.165) is 6.20 Å². The van der Waals surface area contributed by atoms with E-state index in [1.807, 2.05) is 0 Å². The zero-order valence-electron chi connectivity index (χ0n) is 17.4. The molecule has 0 bridgehead atoms. The van der Waals surface area contributed by atoms with Crippen LogP contribution in [0.3, 0.4) is 0 Å². The summed E-state index contributed by atoms with van der Waals surface area (Å²) in [4.78, 5) is 50.3. The number of fused-ring (bicyclic) bond motifs is 1. The van der Waals surface area contributed by atoms with Crippen molar-refractivity contribution in [3.8, 4) is 0 Å². The molecule has 35 heavy (non-hydrogen) atoms. The first-order valence-electron chi connectivity index (χ1n) is 9.75. The van der Waals surface area contributed by atoms with Crippen LogP contribution in [0.15, 0.2) is 12.5 Å². The van der Waals surface area contributed by atoms with Gasteiger partial charge in [0.25, 0.3) is 5.60 Å². The van der Waals surface area contributed by atoms with E-state index in [1.54, 1.807) is 0 Å². The van der Waals surface area contributed by atoms with Gasteiger partial charge in [-0.1, -0.05) is 0 Å². The summed E-state index contributed by atoms with van der Waals surface area (Å²) in [6, 6.07) is 0. The number of carboxylic acid groups (broad SMARTS) is 3. The molecule has 1 saturated heterocycles. The van der Waals surface area contributed by atoms with Gasteiger partial charge >= 0.3 is 17.9 Å². The van der Waals surface area contributed by atoms with Crippen molar-refractivity contribution < 1.29 is 43.6 Å². The third-order valence-electron chi connectivity index (χ3n) is 5.19. The fourth-order valence-corrected chi connectivity index (χ4v) is 4.53. The lowest BCUT2D eigenvalue weighted by molar-refractivity contribution is -0.188. The smallest absolute Gasteiger partial charge is 0.365 e. The number of rotatable bonds is 9. The maximum Gasteiger partial charge on any atom is 0.365 e. The van der Waals surface area contributed by atoms with Gasteiger partial charge in [-0.15, -0.1) is 11.3 Å². The molecule has 0 saturated carbocycles. The fraction of sp³-hybridized carbons (Fsp3) is 0.389. The number of hydrogen-bond donors (Lipinski definition) is 4. The number of nitrogens with zero attached hydrogens (tertiary/aromatic N) is 5. The lowest BCUT2D eigenvalue weighted by atomic mass is 9.99. The zero-order chi connectivity index (χ0) is 25.5. The van der Waals surface area contributed by atoms with Crippen molar-refractivity contribution in [2.24, 2.45) is 0 Å². The summed E-state index contributed by atoms with van der Waals surface area (Å²) in [7, 11) is 0. The molecule has 0 unspecified atom stereocenters. The fourth-order valence-electron chi connectivity index (χ4n) is 3.54. The maximum atomic E-state index is 14.9. The molecule has 3 aromatic rings. The average molecular weight is 531 g/mol. The molecule has 1 aliphatic rings. The van der Waals surface area contributed by atoms with Gasteiger partial charge in [0.1, 0.15) is 11.7 Å². The molecule has 4 rings (SSSR count). The summed E-state index contributed by atoms with van der Waals surface area (Å²) in [6.07, 6.45) is -2.56. The Labute approximate surface area is 203 Å². The Kier molecular flexibility index (Phi) is 6.54. The second kappa shape index (κ2) is 9.29. The van der Waals surface area contributed by atoms with Crippen LogP contribution in [0.5, 0.6) is 0 Å². The molecule has 1 aliphatic heterocycles. The molecule has 186 valence electrons. The maximum absolute atomic E-state index is 14.9. The quantitative estimate of drug-likeness (QED) is 0.225. The topological polar surface area (TPSA) is 213 Å². The number of carbonyl (C=O) groups is 3. The molecule has 0 amide bonds. The minimum atomic E-state index is -2.79. The van der Waals surface area contributed by atoms with E-state index in [2.05, 4.69) is 19.9 Å². The number of thiazole rings is 1. The van der Waals surface area contributed by atoms with E-state index in [4.69, 9.17) is 31.9 Å². The van der Waals surface area contributed by atoms with Crippen LogP contribution in [0.2, 0.25) is 5.28 Å². The predicted octanol–water partition coefficient (Wildman–Crippen LogP) is 1.01. The van der Waals surface area contributed by atoms with Crippen molar-refractivity contribution in [1.29, 1.82) is 0 Å². The van der Waals surface area contributed by atoms with E-state index in [9.17, 15) is 29.0 Å². The van der Waals surface area contributed by atoms with Gasteiger partial charge in [-0.25, -0.2) is 28.7 Å². The number of nitrogen functional groups attached to an aromatic ring is 1. The van der Waals surface area contributed by atoms with Gasteiger partial charge in [0.2, 0.25) is 10.3 Å². The van der Waals surface area contributed by atoms with Crippen LogP contribution in [-0.4, -0.2) is 82.2 Å². The number of aromatic carboxylic acids is 1. The van der Waals surface area contributed by atoms with Gasteiger partial charge in [0, 0.05) is 23.9 Å². The number of carboxylic acids is 3. The van der Waals surface area contributed by atoms with Gasteiger partial charge in [0.05, 0.1) is 19.0 Å². The molecule has 14 nitrogen and oxygen atoms in total. The minimum Gasteiger partial charge on any atom is -0.479 e. The van der Waals surface area contributed by atoms with Crippen LogP contribution < -0.4 is 5.73 Å². The van der Waals surface area contributed by atoms with Crippen molar-refractivity contribution >= 4 is 57.8 Å². The number of ether oxygens (including phenoxy) is 2. The number of nitrogens with two attached hydrogens (primary N) is 1. The Morgan fingerprint density at radius 1 is 1.29 bits per heavy atom. The number of anilines is 1. The van der Waals surface area contributed by atoms with E-state index < -0.39 is 55.0 Å². The van der Waals surface area contributed by atoms with Gasteiger partial charge in [-0.3, -0.25) is 4.57 Å². The van der Waals surface area contributed by atoms with Crippen LogP contribution in [0.1, 0.15) is 27.3 Å². The molecule has 0 aromatic carbocycles. The molecule has 0 spiro atoms. The van der Waals surface area contributed by atoms with Crippen molar-refractivity contribution in [2.75, 3.05) is 12.3 Å². The zero-order valence-corrected chi connectivity index (χ0v) is 18.9. The van der Waals surface area contributed by atoms with Crippen molar-refractivity contribution in [3.63, 3.8) is 0 Å². The van der Waals surface area contributed by atoms with Crippen LogP contribution in [0, 0.1) is 0 Å². The van der Waals surface area contributed by atoms with Crippen LogP contribution >= 0.6 is 22.9 Å². The number of alkyl halides is 1. The molecular weight excluding hydrogens is 515 g/mol. The highest BCUT2D eigenvalue weighted by molar-refractivity contribution is 7.13. The molecule has 4 heterocycles. The number of aliphatic carboxylic acids is 2. The molecule has 5 N–H and O–H groups in total. The predicted molar refractivity (Wildman–Crippen MR) is 115 cm³/mol. The Bertz CT molecular complexity index is 1300. The van der Waals surface area contributed by atoms with Crippen molar-refractivity contribution in [3.05, 3.63) is 27.7 Å². The largest absolute Gasteiger partial charge is 0.479 e. The summed E-state index contributed by atoms with van der Waals surface area (Å²) in [5.41, 5.74) is 3.25. The molecule has 0 aliphatic carbocycles. The summed E-state index contributed by atoms with van der Waals surface area (Å²) in [5.74, 6) is -5.03. The van der Waals surface area contributed by atoms with E-state index in [-0.39, 0.29) is 38.6 Å². The highest BCUT2D eigenvalue weighted by Gasteiger charge is 2.50. The van der Waals surface area contributed by atoms with Crippen LogP contribution in [0.25, 0.3) is 11.2 Å². The van der Waals surface area contributed by atoms with E-state index in [0.29, 0.717) is 11.3 Å². The van der Waals surface area contributed by atoms with Crippen molar-refractivity contribution in [1.82, 2.24) is 24.5 Å². The Morgan fingerprint density at radius 3 is 2.63 bits per heavy atom. The first kappa shape index (κ1) is 24.6.